The van der Waals surface area contributed by atoms with Crippen LogP contribution in [0.5, 0.6) is 5.75 Å². The first-order valence-electron chi connectivity index (χ1n) is 6.17. The lowest BCUT2D eigenvalue weighted by molar-refractivity contribution is -0.123. The normalized spacial score (nSPS) is 15.2. The number of ether oxygens (including phenoxy) is 1. The van der Waals surface area contributed by atoms with Crippen LogP contribution < -0.4 is 15.8 Å². The second-order valence-electron chi connectivity index (χ2n) is 4.61. The number of halogens is 3. The number of hydrogen-bond acceptors (Lipinski definition) is 3. The maximum Gasteiger partial charge on any atom is 0.258 e. The molecule has 0 heterocycles. The minimum Gasteiger partial charge on any atom is -0.482 e. The number of carbonyl (C=O) groups excluding carboxylic acids is 1. The van der Waals surface area contributed by atoms with Crippen molar-refractivity contribution >= 4 is 45.8 Å². The lowest BCUT2D eigenvalue weighted by Crippen LogP contribution is -2.43. The minimum absolute atomic E-state index is 0. The molecule has 1 saturated carbocycles. The molecule has 0 bridgehead atoms. The van der Waals surface area contributed by atoms with Gasteiger partial charge in [0, 0.05) is 17.1 Å². The van der Waals surface area contributed by atoms with E-state index in [1.165, 1.54) is 0 Å². The van der Waals surface area contributed by atoms with Crippen LogP contribution in [-0.2, 0) is 4.79 Å². The summed E-state index contributed by atoms with van der Waals surface area (Å²) in [6, 6.07) is 5.32. The Morgan fingerprint density at radius 2 is 2.25 bits per heavy atom. The first-order chi connectivity index (χ1) is 9.10. The fourth-order valence-electron chi connectivity index (χ4n) is 1.85. The number of rotatable bonds is 6. The summed E-state index contributed by atoms with van der Waals surface area (Å²) in [4.78, 5) is 11.8. The summed E-state index contributed by atoms with van der Waals surface area (Å²) in [7, 11) is 0. The van der Waals surface area contributed by atoms with E-state index in [1.54, 1.807) is 12.1 Å². The van der Waals surface area contributed by atoms with Crippen LogP contribution in [0.1, 0.15) is 12.8 Å². The lowest BCUT2D eigenvalue weighted by atomic mass is 10.2. The van der Waals surface area contributed by atoms with Gasteiger partial charge in [0.05, 0.1) is 5.02 Å². The van der Waals surface area contributed by atoms with Crippen molar-refractivity contribution in [3.05, 3.63) is 27.7 Å². The zero-order valence-electron chi connectivity index (χ0n) is 10.8. The van der Waals surface area contributed by atoms with E-state index in [2.05, 4.69) is 21.2 Å². The Morgan fingerprint density at radius 3 is 2.80 bits per heavy atom. The second-order valence-corrected chi connectivity index (χ2v) is 5.93. The van der Waals surface area contributed by atoms with Crippen molar-refractivity contribution < 1.29 is 9.53 Å². The van der Waals surface area contributed by atoms with Gasteiger partial charge in [-0.1, -0.05) is 27.5 Å². The van der Waals surface area contributed by atoms with E-state index in [1.807, 2.05) is 6.07 Å². The molecule has 0 spiro atoms. The summed E-state index contributed by atoms with van der Waals surface area (Å²) in [5.74, 6) is 0.863. The van der Waals surface area contributed by atoms with Gasteiger partial charge in [-0.3, -0.25) is 4.79 Å². The van der Waals surface area contributed by atoms with E-state index in [9.17, 15) is 4.79 Å². The summed E-state index contributed by atoms with van der Waals surface area (Å²) >= 11 is 9.31. The standard InChI is InChI=1S/C13H16BrClN2O2.ClH/c14-9-3-4-12(10(15)5-9)19-7-13(18)17-11(6-16)8-1-2-8;/h3-5,8,11H,1-2,6-7,16H2,(H,17,18);1H. The van der Waals surface area contributed by atoms with Gasteiger partial charge in [-0.15, -0.1) is 12.4 Å². The third-order valence-corrected chi connectivity index (χ3v) is 3.83. The monoisotopic (exact) mass is 382 g/mol. The quantitative estimate of drug-likeness (QED) is 0.793. The average molecular weight is 384 g/mol. The molecule has 112 valence electrons. The van der Waals surface area contributed by atoms with Crippen LogP contribution in [0.2, 0.25) is 5.02 Å². The van der Waals surface area contributed by atoms with Gasteiger partial charge < -0.3 is 15.8 Å². The minimum atomic E-state index is -0.165. The highest BCUT2D eigenvalue weighted by atomic mass is 79.9. The molecule has 2 rings (SSSR count). The first kappa shape index (κ1) is 17.6. The molecule has 1 aromatic rings. The summed E-state index contributed by atoms with van der Waals surface area (Å²) in [5, 5.41) is 3.36. The highest BCUT2D eigenvalue weighted by molar-refractivity contribution is 9.10. The molecule has 0 saturated heterocycles. The van der Waals surface area contributed by atoms with Crippen LogP contribution in [0.3, 0.4) is 0 Å². The maximum atomic E-state index is 11.8. The van der Waals surface area contributed by atoms with E-state index >= 15 is 0 Å². The van der Waals surface area contributed by atoms with Crippen molar-refractivity contribution in [1.29, 1.82) is 0 Å². The summed E-state index contributed by atoms with van der Waals surface area (Å²) < 4.78 is 6.26. The molecule has 1 fully saturated rings. The molecule has 3 N–H and O–H groups in total. The lowest BCUT2D eigenvalue weighted by Gasteiger charge is -2.16. The number of amides is 1. The molecule has 1 atom stereocenters. The van der Waals surface area contributed by atoms with Gasteiger partial charge in [0.15, 0.2) is 6.61 Å². The SMILES string of the molecule is Cl.NCC(NC(=O)COc1ccc(Br)cc1Cl)C1CC1. The molecular weight excluding hydrogens is 367 g/mol. The molecule has 4 nitrogen and oxygen atoms in total. The number of nitrogens with two attached hydrogens (primary N) is 1. The van der Waals surface area contributed by atoms with Crippen molar-refractivity contribution in [2.24, 2.45) is 11.7 Å². The topological polar surface area (TPSA) is 64.3 Å². The number of nitrogens with one attached hydrogen (secondary N) is 1. The number of carbonyl (C=O) groups is 1. The van der Waals surface area contributed by atoms with Crippen LogP contribution in [-0.4, -0.2) is 25.1 Å². The van der Waals surface area contributed by atoms with Crippen LogP contribution in [0.15, 0.2) is 22.7 Å². The molecule has 1 aliphatic carbocycles. The zero-order chi connectivity index (χ0) is 13.8. The summed E-state index contributed by atoms with van der Waals surface area (Å²) in [5.41, 5.74) is 5.63. The highest BCUT2D eigenvalue weighted by Gasteiger charge is 2.31. The molecule has 1 amide bonds. The van der Waals surface area contributed by atoms with E-state index in [0.717, 1.165) is 17.3 Å². The van der Waals surface area contributed by atoms with Crippen molar-refractivity contribution in [1.82, 2.24) is 5.32 Å². The third kappa shape index (κ3) is 5.13. The van der Waals surface area contributed by atoms with Gasteiger partial charge in [-0.05, 0) is 37.0 Å². The Balaban J connectivity index is 0.00000200. The van der Waals surface area contributed by atoms with E-state index in [0.29, 0.717) is 23.2 Å². The Morgan fingerprint density at radius 1 is 1.55 bits per heavy atom. The van der Waals surface area contributed by atoms with Gasteiger partial charge in [0.2, 0.25) is 0 Å². The molecule has 20 heavy (non-hydrogen) atoms. The second kappa shape index (κ2) is 8.08. The fraction of sp³-hybridized carbons (Fsp3) is 0.462. The molecule has 0 radical (unpaired) electrons. The smallest absolute Gasteiger partial charge is 0.258 e. The predicted octanol–water partition coefficient (Wildman–Crippen LogP) is 2.76. The van der Waals surface area contributed by atoms with E-state index in [-0.39, 0.29) is 31.0 Å². The Bertz CT molecular complexity index is 470. The van der Waals surface area contributed by atoms with Crippen LogP contribution in [0, 0.1) is 5.92 Å². The molecule has 0 aliphatic heterocycles. The van der Waals surface area contributed by atoms with Gasteiger partial charge in [0.25, 0.3) is 5.91 Å². The molecule has 1 aromatic carbocycles. The highest BCUT2D eigenvalue weighted by Crippen LogP contribution is 2.32. The van der Waals surface area contributed by atoms with Crippen molar-refractivity contribution in [2.75, 3.05) is 13.2 Å². The predicted molar refractivity (Wildman–Crippen MR) is 85.6 cm³/mol. The number of hydrogen-bond donors (Lipinski definition) is 2. The van der Waals surface area contributed by atoms with Gasteiger partial charge in [0.1, 0.15) is 5.75 Å². The van der Waals surface area contributed by atoms with Gasteiger partial charge in [-0.2, -0.15) is 0 Å². The summed E-state index contributed by atoms with van der Waals surface area (Å²) in [6.45, 7) is 0.417. The average Bonchev–Trinajstić information content (AvgIpc) is 3.19. The van der Waals surface area contributed by atoms with E-state index in [4.69, 9.17) is 22.1 Å². The van der Waals surface area contributed by atoms with Gasteiger partial charge >= 0.3 is 0 Å². The zero-order valence-corrected chi connectivity index (χ0v) is 13.9. The Kier molecular flexibility index (Phi) is 7.09. The molecule has 1 unspecified atom stereocenters. The third-order valence-electron chi connectivity index (χ3n) is 3.04. The molecule has 1 aliphatic rings. The number of benzene rings is 1. The molecule has 0 aromatic heterocycles. The van der Waals surface area contributed by atoms with Crippen molar-refractivity contribution in [3.63, 3.8) is 0 Å². The Labute approximate surface area is 137 Å². The van der Waals surface area contributed by atoms with Crippen LogP contribution in [0.4, 0.5) is 0 Å². The van der Waals surface area contributed by atoms with Crippen LogP contribution in [0.25, 0.3) is 0 Å². The molecule has 7 heteroatoms. The van der Waals surface area contributed by atoms with Crippen molar-refractivity contribution in [3.8, 4) is 5.75 Å². The largest absolute Gasteiger partial charge is 0.482 e. The Hall–Kier alpha value is -0.490. The molecular formula is C13H17BrCl2N2O2. The van der Waals surface area contributed by atoms with Crippen molar-refractivity contribution in [2.45, 2.75) is 18.9 Å². The van der Waals surface area contributed by atoms with Gasteiger partial charge in [-0.25, -0.2) is 0 Å². The maximum absolute atomic E-state index is 11.8. The van der Waals surface area contributed by atoms with Crippen LogP contribution >= 0.6 is 39.9 Å². The fourth-order valence-corrected chi connectivity index (χ4v) is 2.58. The summed E-state index contributed by atoms with van der Waals surface area (Å²) in [6.07, 6.45) is 2.28. The first-order valence-corrected chi connectivity index (χ1v) is 7.34. The van der Waals surface area contributed by atoms with E-state index < -0.39 is 0 Å².